The highest BCUT2D eigenvalue weighted by Crippen LogP contribution is 2.18. The Balaban J connectivity index is 4.17. The molecule has 0 spiro atoms. The summed E-state index contributed by atoms with van der Waals surface area (Å²) in [5.74, 6) is -0.886. The van der Waals surface area contributed by atoms with Crippen LogP contribution < -0.4 is 0 Å². The fourth-order valence-corrected chi connectivity index (χ4v) is 9.95. The molecule has 6 heteroatoms. The van der Waals surface area contributed by atoms with Gasteiger partial charge in [-0.1, -0.05) is 319 Å². The zero-order chi connectivity index (χ0) is 55.7. The quantitative estimate of drug-likeness (QED) is 0.0261. The van der Waals surface area contributed by atoms with Crippen molar-refractivity contribution < 1.29 is 28.6 Å². The first-order valence-electron chi connectivity index (χ1n) is 33.8. The van der Waals surface area contributed by atoms with Crippen LogP contribution in [0.5, 0.6) is 0 Å². The molecule has 0 radical (unpaired) electrons. The zero-order valence-corrected chi connectivity index (χ0v) is 51.5. The lowest BCUT2D eigenvalue weighted by Gasteiger charge is -2.18. The molecule has 0 heterocycles. The van der Waals surface area contributed by atoms with E-state index in [0.29, 0.717) is 19.3 Å². The number of carbonyl (C=O) groups is 3. The summed E-state index contributed by atoms with van der Waals surface area (Å²) in [6, 6.07) is 0. The van der Waals surface area contributed by atoms with Gasteiger partial charge in [-0.3, -0.25) is 14.4 Å². The third-order valence-corrected chi connectivity index (χ3v) is 15.0. The van der Waals surface area contributed by atoms with Crippen LogP contribution in [-0.4, -0.2) is 37.2 Å². The largest absolute Gasteiger partial charge is 0.462 e. The van der Waals surface area contributed by atoms with Crippen molar-refractivity contribution in [1.29, 1.82) is 0 Å². The molecule has 6 nitrogen and oxygen atoms in total. The van der Waals surface area contributed by atoms with Crippen LogP contribution in [0.25, 0.3) is 0 Å². The SMILES string of the molecule is CC/C=C\C/C=C\C/C=C\C/C=C\CCCCCCCCC(=O)OC(COC(=O)CCCCCCC/C=C\CCCC)COC(=O)CCCCCCCCCCCCCCCCCCCCCCCCCCCCCCC. The van der Waals surface area contributed by atoms with Gasteiger partial charge in [0.25, 0.3) is 0 Å². The van der Waals surface area contributed by atoms with E-state index in [0.717, 1.165) is 103 Å². The molecule has 0 aromatic heterocycles. The minimum Gasteiger partial charge on any atom is -0.462 e. The molecule has 0 aromatic carbocycles. The van der Waals surface area contributed by atoms with Crippen LogP contribution in [-0.2, 0) is 28.6 Å². The first-order chi connectivity index (χ1) is 38.0. The number of unbranched alkanes of at least 4 members (excludes halogenated alkanes) is 41. The molecule has 0 N–H and O–H groups in total. The van der Waals surface area contributed by atoms with Crippen molar-refractivity contribution in [3.63, 3.8) is 0 Å². The Morgan fingerprint density at radius 3 is 0.844 bits per heavy atom. The van der Waals surface area contributed by atoms with Gasteiger partial charge in [-0.25, -0.2) is 0 Å². The third kappa shape index (κ3) is 63.8. The predicted octanol–water partition coefficient (Wildman–Crippen LogP) is 23.1. The zero-order valence-electron chi connectivity index (χ0n) is 51.5. The molecule has 0 fully saturated rings. The number of allylic oxidation sites excluding steroid dienone is 10. The van der Waals surface area contributed by atoms with E-state index in [2.05, 4.69) is 81.5 Å². The van der Waals surface area contributed by atoms with Crippen molar-refractivity contribution in [1.82, 2.24) is 0 Å². The molecule has 0 aliphatic rings. The summed E-state index contributed by atoms with van der Waals surface area (Å²) in [7, 11) is 0. The van der Waals surface area contributed by atoms with Crippen LogP contribution >= 0.6 is 0 Å². The average molecular weight is 1080 g/mol. The lowest BCUT2D eigenvalue weighted by atomic mass is 10.0. The lowest BCUT2D eigenvalue weighted by Crippen LogP contribution is -2.30. The summed E-state index contributed by atoms with van der Waals surface area (Å²) in [5.41, 5.74) is 0. The van der Waals surface area contributed by atoms with Gasteiger partial charge in [-0.05, 0) is 77.0 Å². The molecule has 1 unspecified atom stereocenters. The minimum absolute atomic E-state index is 0.0798. The Hall–Kier alpha value is -2.89. The van der Waals surface area contributed by atoms with Gasteiger partial charge in [-0.2, -0.15) is 0 Å². The highest BCUT2D eigenvalue weighted by molar-refractivity contribution is 5.71. The fourth-order valence-electron chi connectivity index (χ4n) is 9.95. The molecule has 448 valence electrons. The van der Waals surface area contributed by atoms with E-state index >= 15 is 0 Å². The number of ether oxygens (including phenoxy) is 3. The van der Waals surface area contributed by atoms with Gasteiger partial charge >= 0.3 is 17.9 Å². The molecular formula is C71H128O6. The van der Waals surface area contributed by atoms with Crippen LogP contribution in [0.4, 0.5) is 0 Å². The summed E-state index contributed by atoms with van der Waals surface area (Å²) in [5, 5.41) is 0. The summed E-state index contributed by atoms with van der Waals surface area (Å²) in [6.45, 7) is 6.52. The van der Waals surface area contributed by atoms with E-state index in [9.17, 15) is 14.4 Å². The van der Waals surface area contributed by atoms with Crippen molar-refractivity contribution >= 4 is 17.9 Å². The van der Waals surface area contributed by atoms with E-state index in [1.165, 1.54) is 212 Å². The van der Waals surface area contributed by atoms with E-state index < -0.39 is 6.10 Å². The number of carbonyl (C=O) groups excluding carboxylic acids is 3. The number of rotatable bonds is 62. The van der Waals surface area contributed by atoms with Gasteiger partial charge in [0.1, 0.15) is 13.2 Å². The molecule has 0 saturated carbocycles. The smallest absolute Gasteiger partial charge is 0.306 e. The van der Waals surface area contributed by atoms with E-state index in [-0.39, 0.29) is 31.1 Å². The van der Waals surface area contributed by atoms with Crippen molar-refractivity contribution in [2.45, 2.75) is 361 Å². The highest BCUT2D eigenvalue weighted by Gasteiger charge is 2.19. The molecule has 77 heavy (non-hydrogen) atoms. The number of hydrogen-bond acceptors (Lipinski definition) is 6. The summed E-state index contributed by atoms with van der Waals surface area (Å²) >= 11 is 0. The Bertz CT molecular complexity index is 1380. The van der Waals surface area contributed by atoms with Crippen molar-refractivity contribution in [2.24, 2.45) is 0 Å². The van der Waals surface area contributed by atoms with Crippen molar-refractivity contribution in [3.05, 3.63) is 60.8 Å². The Morgan fingerprint density at radius 1 is 0.273 bits per heavy atom. The minimum atomic E-state index is -0.785. The molecule has 0 bridgehead atoms. The molecule has 0 saturated heterocycles. The van der Waals surface area contributed by atoms with E-state index in [1.54, 1.807) is 0 Å². The lowest BCUT2D eigenvalue weighted by molar-refractivity contribution is -0.167. The van der Waals surface area contributed by atoms with Crippen LogP contribution in [0, 0.1) is 0 Å². The molecule has 0 aliphatic heterocycles. The number of hydrogen-bond donors (Lipinski definition) is 0. The van der Waals surface area contributed by atoms with Crippen LogP contribution in [0.2, 0.25) is 0 Å². The maximum absolute atomic E-state index is 12.9. The molecule has 0 aliphatic carbocycles. The second kappa shape index (κ2) is 65.6. The van der Waals surface area contributed by atoms with Gasteiger partial charge in [0.2, 0.25) is 0 Å². The predicted molar refractivity (Wildman–Crippen MR) is 335 cm³/mol. The molecular weight excluding hydrogens is 949 g/mol. The van der Waals surface area contributed by atoms with Crippen molar-refractivity contribution in [2.75, 3.05) is 13.2 Å². The van der Waals surface area contributed by atoms with Gasteiger partial charge in [0, 0.05) is 19.3 Å². The van der Waals surface area contributed by atoms with Crippen LogP contribution in [0.15, 0.2) is 60.8 Å². The van der Waals surface area contributed by atoms with Crippen LogP contribution in [0.3, 0.4) is 0 Å². The number of esters is 3. The first kappa shape index (κ1) is 74.1. The molecule has 1 atom stereocenters. The normalized spacial score (nSPS) is 12.4. The summed E-state index contributed by atoms with van der Waals surface area (Å²) in [6.07, 6.45) is 84.0. The second-order valence-corrected chi connectivity index (χ2v) is 22.7. The summed E-state index contributed by atoms with van der Waals surface area (Å²) in [4.78, 5) is 38.3. The van der Waals surface area contributed by atoms with Crippen molar-refractivity contribution in [3.8, 4) is 0 Å². The monoisotopic (exact) mass is 1080 g/mol. The highest BCUT2D eigenvalue weighted by atomic mass is 16.6. The van der Waals surface area contributed by atoms with Gasteiger partial charge in [0.15, 0.2) is 6.10 Å². The summed E-state index contributed by atoms with van der Waals surface area (Å²) < 4.78 is 16.9. The second-order valence-electron chi connectivity index (χ2n) is 22.7. The Morgan fingerprint density at radius 2 is 0.519 bits per heavy atom. The van der Waals surface area contributed by atoms with E-state index in [1.807, 2.05) is 0 Å². The Labute approximate surface area is 479 Å². The van der Waals surface area contributed by atoms with Gasteiger partial charge in [-0.15, -0.1) is 0 Å². The molecule has 0 amide bonds. The molecule has 0 aromatic rings. The van der Waals surface area contributed by atoms with Gasteiger partial charge < -0.3 is 14.2 Å². The van der Waals surface area contributed by atoms with E-state index in [4.69, 9.17) is 14.2 Å². The standard InChI is InChI=1S/C71H128O6/c1-4-7-10-13-16-19-22-24-26-28-30-31-32-33-34-35-36-37-38-39-41-42-44-46-49-52-55-58-61-64-70(73)76-67-68(66-75-69(72)63-60-57-54-51-48-21-18-15-12-9-6-3)77-71(74)65-62-59-56-53-50-47-45-43-40-29-27-25-23-20-17-14-11-8-5-2/h8,11,15,17-18,20,25,27,40,43,68H,4-7,9-10,12-14,16,19,21-24,26,28-39,41-42,44-67H2,1-3H3/b11-8-,18-15-,20-17-,27-25-,43-40-. The molecule has 0 rings (SSSR count). The van der Waals surface area contributed by atoms with Gasteiger partial charge in [0.05, 0.1) is 0 Å². The third-order valence-electron chi connectivity index (χ3n) is 15.0. The van der Waals surface area contributed by atoms with Crippen LogP contribution in [0.1, 0.15) is 355 Å². The average Bonchev–Trinajstić information content (AvgIpc) is 3.43. The maximum atomic E-state index is 12.9. The topological polar surface area (TPSA) is 78.9 Å². The fraction of sp³-hybridized carbons (Fsp3) is 0.817. The maximum Gasteiger partial charge on any atom is 0.306 e. The first-order valence-corrected chi connectivity index (χ1v) is 33.8. The Kier molecular flexibility index (Phi) is 63.2.